The minimum absolute atomic E-state index is 0.178. The first-order valence-corrected chi connectivity index (χ1v) is 8.52. The van der Waals surface area contributed by atoms with Crippen molar-refractivity contribution in [2.45, 2.75) is 38.8 Å². The van der Waals surface area contributed by atoms with E-state index in [0.29, 0.717) is 13.0 Å². The minimum Gasteiger partial charge on any atom is -0.389 e. The Kier molecular flexibility index (Phi) is 5.64. The van der Waals surface area contributed by atoms with E-state index in [-0.39, 0.29) is 11.9 Å². The number of rotatable bonds is 4. The summed E-state index contributed by atoms with van der Waals surface area (Å²) in [5.41, 5.74) is 0.350. The Hall–Kier alpha value is -0.910. The van der Waals surface area contributed by atoms with Crippen LogP contribution in [-0.4, -0.2) is 58.6 Å². The van der Waals surface area contributed by atoms with E-state index in [1.165, 1.54) is 0 Å². The van der Waals surface area contributed by atoms with Gasteiger partial charge in [0.15, 0.2) is 0 Å². The van der Waals surface area contributed by atoms with E-state index in [0.717, 1.165) is 29.7 Å². The summed E-state index contributed by atoms with van der Waals surface area (Å²) in [6, 6.07) is 8.08. The van der Waals surface area contributed by atoms with Gasteiger partial charge in [0.25, 0.3) is 0 Å². The lowest BCUT2D eigenvalue weighted by Gasteiger charge is -2.41. The molecule has 0 unspecified atom stereocenters. The molecular formula is C17H25BrN2O2. The molecule has 0 radical (unpaired) electrons. The lowest BCUT2D eigenvalue weighted by molar-refractivity contribution is -0.135. The summed E-state index contributed by atoms with van der Waals surface area (Å²) in [6.45, 7) is 8.73. The fourth-order valence-corrected chi connectivity index (χ4v) is 3.24. The van der Waals surface area contributed by atoms with E-state index in [1.807, 2.05) is 43.0 Å². The summed E-state index contributed by atoms with van der Waals surface area (Å²) in [6.07, 6.45) is 0.448. The highest BCUT2D eigenvalue weighted by atomic mass is 79.9. The monoisotopic (exact) mass is 368 g/mol. The van der Waals surface area contributed by atoms with Crippen molar-refractivity contribution >= 4 is 21.8 Å². The molecule has 0 spiro atoms. The number of aliphatic hydroxyl groups is 1. The molecule has 1 atom stereocenters. The summed E-state index contributed by atoms with van der Waals surface area (Å²) in [5, 5.41) is 9.92. The van der Waals surface area contributed by atoms with E-state index in [2.05, 4.69) is 27.8 Å². The van der Waals surface area contributed by atoms with Crippen LogP contribution in [0.1, 0.15) is 26.3 Å². The number of carbonyl (C=O) groups excluding carboxylic acids is 1. The Morgan fingerprint density at radius 3 is 2.50 bits per heavy atom. The second kappa shape index (κ2) is 7.11. The first kappa shape index (κ1) is 17.4. The predicted molar refractivity (Wildman–Crippen MR) is 91.8 cm³/mol. The molecule has 1 fully saturated rings. The molecule has 122 valence electrons. The number of benzene rings is 1. The van der Waals surface area contributed by atoms with Gasteiger partial charge in [0, 0.05) is 36.7 Å². The van der Waals surface area contributed by atoms with Crippen molar-refractivity contribution in [1.29, 1.82) is 0 Å². The van der Waals surface area contributed by atoms with Crippen molar-refractivity contribution in [3.63, 3.8) is 0 Å². The standard InChI is InChI=1S/C17H25BrN2O2/c1-13-11-19(12-17(2,3)22)8-9-20(13)16(21)10-14-4-6-15(18)7-5-14/h4-7,13,22H,8-12H2,1-3H3/t13-/m1/s1. The summed E-state index contributed by atoms with van der Waals surface area (Å²) in [5.74, 6) is 0.178. The van der Waals surface area contributed by atoms with E-state index >= 15 is 0 Å². The molecule has 22 heavy (non-hydrogen) atoms. The zero-order chi connectivity index (χ0) is 16.3. The lowest BCUT2D eigenvalue weighted by Crippen LogP contribution is -2.56. The summed E-state index contributed by atoms with van der Waals surface area (Å²) in [4.78, 5) is 16.7. The van der Waals surface area contributed by atoms with Crippen molar-refractivity contribution in [3.8, 4) is 0 Å². The zero-order valence-corrected chi connectivity index (χ0v) is 15.1. The van der Waals surface area contributed by atoms with E-state index in [9.17, 15) is 9.90 Å². The molecule has 1 aromatic carbocycles. The lowest BCUT2D eigenvalue weighted by atomic mass is 10.1. The number of hydrogen-bond donors (Lipinski definition) is 1. The van der Waals surface area contributed by atoms with Crippen LogP contribution < -0.4 is 0 Å². The highest BCUT2D eigenvalue weighted by Crippen LogP contribution is 2.16. The Labute approximate surface area is 141 Å². The van der Waals surface area contributed by atoms with Crippen LogP contribution in [0.15, 0.2) is 28.7 Å². The van der Waals surface area contributed by atoms with Gasteiger partial charge in [-0.2, -0.15) is 0 Å². The van der Waals surface area contributed by atoms with E-state index in [4.69, 9.17) is 0 Å². The fraction of sp³-hybridized carbons (Fsp3) is 0.588. The largest absolute Gasteiger partial charge is 0.389 e. The van der Waals surface area contributed by atoms with Crippen molar-refractivity contribution in [2.75, 3.05) is 26.2 Å². The van der Waals surface area contributed by atoms with Gasteiger partial charge in [-0.05, 0) is 38.5 Å². The molecule has 0 saturated carbocycles. The fourth-order valence-electron chi connectivity index (χ4n) is 2.97. The number of nitrogens with zero attached hydrogens (tertiary/aromatic N) is 2. The molecule has 4 nitrogen and oxygen atoms in total. The molecular weight excluding hydrogens is 344 g/mol. The van der Waals surface area contributed by atoms with Crippen LogP contribution >= 0.6 is 15.9 Å². The molecule has 0 aliphatic carbocycles. The van der Waals surface area contributed by atoms with Crippen molar-refractivity contribution in [3.05, 3.63) is 34.3 Å². The maximum Gasteiger partial charge on any atom is 0.227 e. The van der Waals surface area contributed by atoms with Crippen LogP contribution in [-0.2, 0) is 11.2 Å². The third-order valence-corrected chi connectivity index (χ3v) is 4.44. The Morgan fingerprint density at radius 2 is 1.95 bits per heavy atom. The van der Waals surface area contributed by atoms with Gasteiger partial charge in [-0.1, -0.05) is 28.1 Å². The van der Waals surface area contributed by atoms with E-state index < -0.39 is 5.60 Å². The maximum atomic E-state index is 12.5. The third-order valence-electron chi connectivity index (χ3n) is 3.91. The van der Waals surface area contributed by atoms with Crippen molar-refractivity contribution in [1.82, 2.24) is 9.80 Å². The van der Waals surface area contributed by atoms with Gasteiger partial charge in [-0.15, -0.1) is 0 Å². The number of halogens is 1. The number of hydrogen-bond acceptors (Lipinski definition) is 3. The van der Waals surface area contributed by atoms with Gasteiger partial charge in [-0.3, -0.25) is 9.69 Å². The van der Waals surface area contributed by atoms with Crippen LogP contribution in [0.5, 0.6) is 0 Å². The summed E-state index contributed by atoms with van der Waals surface area (Å²) >= 11 is 3.41. The Bertz CT molecular complexity index is 510. The van der Waals surface area contributed by atoms with Crippen molar-refractivity contribution in [2.24, 2.45) is 0 Å². The number of amides is 1. The maximum absolute atomic E-state index is 12.5. The van der Waals surface area contributed by atoms with Gasteiger partial charge in [0.05, 0.1) is 12.0 Å². The molecule has 1 N–H and O–H groups in total. The summed E-state index contributed by atoms with van der Waals surface area (Å²) in [7, 11) is 0. The summed E-state index contributed by atoms with van der Waals surface area (Å²) < 4.78 is 1.03. The first-order chi connectivity index (χ1) is 10.2. The topological polar surface area (TPSA) is 43.8 Å². The van der Waals surface area contributed by atoms with Gasteiger partial charge < -0.3 is 10.0 Å². The molecule has 0 bridgehead atoms. The number of β-amino-alcohol motifs (C(OH)–C–C–N with tert-alkyl or cyclic N) is 1. The highest BCUT2D eigenvalue weighted by Gasteiger charge is 2.29. The first-order valence-electron chi connectivity index (χ1n) is 7.73. The second-order valence-corrected chi connectivity index (χ2v) is 7.70. The van der Waals surface area contributed by atoms with E-state index in [1.54, 1.807) is 0 Å². The van der Waals surface area contributed by atoms with Gasteiger partial charge in [0.2, 0.25) is 5.91 Å². The molecule has 1 aliphatic rings. The second-order valence-electron chi connectivity index (χ2n) is 6.79. The van der Waals surface area contributed by atoms with Crippen molar-refractivity contribution < 1.29 is 9.90 Å². The third kappa shape index (κ3) is 5.07. The number of piperazine rings is 1. The quantitative estimate of drug-likeness (QED) is 0.886. The van der Waals surface area contributed by atoms with Crippen LogP contribution in [0.3, 0.4) is 0 Å². The highest BCUT2D eigenvalue weighted by molar-refractivity contribution is 9.10. The predicted octanol–water partition coefficient (Wildman–Crippen LogP) is 2.30. The average Bonchev–Trinajstić information content (AvgIpc) is 2.39. The minimum atomic E-state index is -0.691. The Morgan fingerprint density at radius 1 is 1.32 bits per heavy atom. The molecule has 1 saturated heterocycles. The molecule has 2 rings (SSSR count). The average molecular weight is 369 g/mol. The van der Waals surface area contributed by atoms with Gasteiger partial charge in [0.1, 0.15) is 0 Å². The van der Waals surface area contributed by atoms with Crippen LogP contribution in [0, 0.1) is 0 Å². The zero-order valence-electron chi connectivity index (χ0n) is 13.6. The van der Waals surface area contributed by atoms with Crippen LogP contribution in [0.4, 0.5) is 0 Å². The SMILES string of the molecule is C[C@@H]1CN(CC(C)(C)O)CCN1C(=O)Cc1ccc(Br)cc1. The molecule has 5 heteroatoms. The molecule has 1 aliphatic heterocycles. The molecule has 1 heterocycles. The van der Waals surface area contributed by atoms with Gasteiger partial charge in [-0.25, -0.2) is 0 Å². The van der Waals surface area contributed by atoms with Crippen LogP contribution in [0.2, 0.25) is 0 Å². The molecule has 0 aromatic heterocycles. The normalized spacial score (nSPS) is 20.2. The molecule has 1 aromatic rings. The van der Waals surface area contributed by atoms with Gasteiger partial charge >= 0.3 is 0 Å². The smallest absolute Gasteiger partial charge is 0.227 e. The number of carbonyl (C=O) groups is 1. The van der Waals surface area contributed by atoms with Crippen LogP contribution in [0.25, 0.3) is 0 Å². The molecule has 1 amide bonds. The Balaban J connectivity index is 1.90.